The number of hydrogen-bond acceptors (Lipinski definition) is 11. The van der Waals surface area contributed by atoms with E-state index in [1.165, 1.54) is 36.7 Å². The third-order valence-corrected chi connectivity index (χ3v) is 6.75. The van der Waals surface area contributed by atoms with Crippen LogP contribution in [0.15, 0.2) is 76.7 Å². The van der Waals surface area contributed by atoms with Crippen molar-refractivity contribution in [3.05, 3.63) is 98.1 Å². The highest BCUT2D eigenvalue weighted by Crippen LogP contribution is 2.39. The highest BCUT2D eigenvalue weighted by atomic mass is 16.7. The van der Waals surface area contributed by atoms with Crippen molar-refractivity contribution in [3.8, 4) is 34.4 Å². The zero-order valence-electron chi connectivity index (χ0n) is 21.9. The summed E-state index contributed by atoms with van der Waals surface area (Å²) in [5.74, 6) is 2.11. The van der Waals surface area contributed by atoms with E-state index in [1.807, 2.05) is 12.1 Å². The van der Waals surface area contributed by atoms with E-state index in [0.717, 1.165) is 11.1 Å². The van der Waals surface area contributed by atoms with Crippen molar-refractivity contribution in [2.75, 3.05) is 13.6 Å². The molecule has 14 nitrogen and oxygen atoms in total. The number of imidazole rings is 1. The molecule has 2 aliphatic heterocycles. The van der Waals surface area contributed by atoms with Crippen molar-refractivity contribution in [2.24, 2.45) is 9.98 Å². The molecule has 0 atom stereocenters. The summed E-state index contributed by atoms with van der Waals surface area (Å²) in [5, 5.41) is 23.0. The first-order chi connectivity index (χ1) is 20.9. The lowest BCUT2D eigenvalue weighted by Crippen LogP contribution is -1.94. The molecule has 0 unspecified atom stereocenters. The molecule has 0 fully saturated rings. The summed E-state index contributed by atoms with van der Waals surface area (Å²) in [6.45, 7) is 0.0185. The molecule has 43 heavy (non-hydrogen) atoms. The van der Waals surface area contributed by atoms with Gasteiger partial charge in [0.2, 0.25) is 13.6 Å². The fourth-order valence-electron chi connectivity index (χ4n) is 4.63. The molecule has 0 amide bonds. The number of aliphatic imine (C=N–C) groups is 2. The van der Waals surface area contributed by atoms with Gasteiger partial charge in [-0.25, -0.2) is 4.98 Å². The molecule has 5 aromatic rings. The van der Waals surface area contributed by atoms with Gasteiger partial charge in [0, 0.05) is 18.0 Å². The Bertz CT molecular complexity index is 2000. The third-order valence-electron chi connectivity index (χ3n) is 6.75. The molecule has 1 N–H and O–H groups in total. The highest BCUT2D eigenvalue weighted by Gasteiger charge is 2.23. The van der Waals surface area contributed by atoms with Gasteiger partial charge in [-0.05, 0) is 54.6 Å². The van der Waals surface area contributed by atoms with Gasteiger partial charge in [0.05, 0.1) is 55.5 Å². The van der Waals surface area contributed by atoms with E-state index in [1.54, 1.807) is 30.3 Å². The summed E-state index contributed by atoms with van der Waals surface area (Å²) >= 11 is 0. The first-order valence-corrected chi connectivity index (χ1v) is 12.8. The Kier molecular flexibility index (Phi) is 6.12. The van der Waals surface area contributed by atoms with Gasteiger partial charge in [0.25, 0.3) is 11.4 Å². The Labute approximate surface area is 241 Å². The maximum Gasteiger partial charge on any atom is 0.282 e. The Morgan fingerprint density at radius 2 is 1.21 bits per heavy atom. The molecule has 2 aliphatic rings. The van der Waals surface area contributed by atoms with E-state index < -0.39 is 9.85 Å². The number of nitrogens with one attached hydrogen (secondary N) is 1. The second kappa shape index (κ2) is 10.3. The van der Waals surface area contributed by atoms with Crippen LogP contribution in [0.1, 0.15) is 11.1 Å². The minimum absolute atomic E-state index is 0.00774. The number of rotatable bonds is 7. The summed E-state index contributed by atoms with van der Waals surface area (Å²) in [6.07, 6.45) is 2.83. The molecule has 0 aliphatic carbocycles. The summed E-state index contributed by atoms with van der Waals surface area (Å²) < 4.78 is 21.1. The quantitative estimate of drug-likeness (QED) is 0.138. The summed E-state index contributed by atoms with van der Waals surface area (Å²) in [6, 6.07) is 18.3. The predicted molar refractivity (Wildman–Crippen MR) is 154 cm³/mol. The molecule has 0 saturated carbocycles. The van der Waals surface area contributed by atoms with E-state index in [9.17, 15) is 20.2 Å². The smallest absolute Gasteiger partial charge is 0.282 e. The minimum Gasteiger partial charge on any atom is -0.454 e. The lowest BCUT2D eigenvalue weighted by molar-refractivity contribution is -0.385. The van der Waals surface area contributed by atoms with Crippen LogP contribution in [0.4, 0.5) is 22.7 Å². The second-order valence-corrected chi connectivity index (χ2v) is 9.39. The van der Waals surface area contributed by atoms with Crippen molar-refractivity contribution >= 4 is 46.2 Å². The maximum atomic E-state index is 11.5. The number of hydrogen-bond donors (Lipinski definition) is 1. The summed E-state index contributed by atoms with van der Waals surface area (Å²) in [7, 11) is 0. The van der Waals surface area contributed by atoms with Crippen molar-refractivity contribution in [1.82, 2.24) is 9.97 Å². The van der Waals surface area contributed by atoms with Crippen LogP contribution < -0.4 is 18.9 Å². The summed E-state index contributed by atoms with van der Waals surface area (Å²) in [4.78, 5) is 38.8. The predicted octanol–water partition coefficient (Wildman–Crippen LogP) is 6.00. The first-order valence-electron chi connectivity index (χ1n) is 12.8. The average Bonchev–Trinajstić information content (AvgIpc) is 3.77. The molecule has 0 bridgehead atoms. The maximum absolute atomic E-state index is 11.5. The van der Waals surface area contributed by atoms with Gasteiger partial charge in [0.15, 0.2) is 23.0 Å². The van der Waals surface area contributed by atoms with Crippen LogP contribution in [0.5, 0.6) is 23.0 Å². The Morgan fingerprint density at radius 1 is 0.698 bits per heavy atom. The van der Waals surface area contributed by atoms with Crippen LogP contribution in [0.25, 0.3) is 22.4 Å². The normalized spacial score (nSPS) is 13.4. The van der Waals surface area contributed by atoms with E-state index in [0.29, 0.717) is 51.3 Å². The first kappa shape index (κ1) is 25.6. The number of nitrogens with zero attached hydrogens (tertiary/aromatic N) is 5. The van der Waals surface area contributed by atoms with Crippen LogP contribution in [-0.2, 0) is 0 Å². The van der Waals surface area contributed by atoms with E-state index in [-0.39, 0.29) is 30.5 Å². The largest absolute Gasteiger partial charge is 0.454 e. The molecule has 0 radical (unpaired) electrons. The fraction of sp³-hybridized carbons (Fsp3) is 0.0690. The van der Waals surface area contributed by atoms with Crippen LogP contribution in [0, 0.1) is 20.2 Å². The van der Waals surface area contributed by atoms with Crippen LogP contribution in [-0.4, -0.2) is 45.8 Å². The van der Waals surface area contributed by atoms with Gasteiger partial charge >= 0.3 is 0 Å². The molecular formula is C29H18N6O8. The Morgan fingerprint density at radius 3 is 1.77 bits per heavy atom. The minimum atomic E-state index is -0.495. The van der Waals surface area contributed by atoms with Crippen LogP contribution in [0.2, 0.25) is 0 Å². The topological polar surface area (TPSA) is 177 Å². The van der Waals surface area contributed by atoms with E-state index >= 15 is 0 Å². The number of aromatic nitrogens is 2. The van der Waals surface area contributed by atoms with Gasteiger partial charge in [-0.1, -0.05) is 0 Å². The molecule has 14 heteroatoms. The SMILES string of the molecule is O=[N+]([O-])c1cc2c(cc1C=Nc1ccc(-c3nc4ccc(N=Cc5cc6c(cc5[N+](=O)[O-])OCO6)cc4[nH]3)cc1)OCO2. The average molecular weight is 578 g/mol. The van der Waals surface area contributed by atoms with E-state index in [2.05, 4.69) is 20.0 Å². The Balaban J connectivity index is 1.11. The number of aromatic amines is 1. The number of H-pyrrole nitrogens is 1. The van der Waals surface area contributed by atoms with Crippen molar-refractivity contribution in [2.45, 2.75) is 0 Å². The van der Waals surface area contributed by atoms with Crippen molar-refractivity contribution in [3.63, 3.8) is 0 Å². The monoisotopic (exact) mass is 578 g/mol. The molecule has 4 aromatic carbocycles. The number of nitro groups is 2. The van der Waals surface area contributed by atoms with Gasteiger partial charge in [-0.15, -0.1) is 0 Å². The molecule has 212 valence electrons. The van der Waals surface area contributed by atoms with Gasteiger partial charge in [-0.2, -0.15) is 0 Å². The molecular weight excluding hydrogens is 560 g/mol. The second-order valence-electron chi connectivity index (χ2n) is 9.39. The number of fused-ring (bicyclic) bond motifs is 3. The highest BCUT2D eigenvalue weighted by molar-refractivity contribution is 5.91. The standard InChI is InChI=1S/C29H18N6O8/c36-34(37)23-10-27-25(40-14-42-27)7-17(23)12-30-19-3-1-16(2-4-19)29-32-21-6-5-20(9-22(21)33-29)31-13-18-8-26-28(43-15-41-26)11-24(18)35(38)39/h1-13H,14-15H2,(H,32,33). The zero-order valence-corrected chi connectivity index (χ0v) is 21.9. The summed E-state index contributed by atoms with van der Waals surface area (Å²) in [5.41, 5.74) is 3.69. The molecule has 1 aromatic heterocycles. The molecule has 3 heterocycles. The van der Waals surface area contributed by atoms with Crippen LogP contribution >= 0.6 is 0 Å². The van der Waals surface area contributed by atoms with Crippen molar-refractivity contribution in [1.29, 1.82) is 0 Å². The van der Waals surface area contributed by atoms with Gasteiger partial charge in [0.1, 0.15) is 5.82 Å². The van der Waals surface area contributed by atoms with Crippen molar-refractivity contribution < 1.29 is 28.8 Å². The lowest BCUT2D eigenvalue weighted by atomic mass is 10.1. The lowest BCUT2D eigenvalue weighted by Gasteiger charge is -2.01. The fourth-order valence-corrected chi connectivity index (χ4v) is 4.63. The van der Waals surface area contributed by atoms with Gasteiger partial charge < -0.3 is 23.9 Å². The zero-order chi connectivity index (χ0) is 29.5. The number of benzene rings is 4. The molecule has 0 spiro atoms. The van der Waals surface area contributed by atoms with Crippen LogP contribution in [0.3, 0.4) is 0 Å². The van der Waals surface area contributed by atoms with Gasteiger partial charge in [-0.3, -0.25) is 30.2 Å². The Hall–Kier alpha value is -6.31. The number of nitro benzene ring substituents is 2. The molecule has 7 rings (SSSR count). The number of ether oxygens (including phenoxy) is 4. The van der Waals surface area contributed by atoms with E-state index in [4.69, 9.17) is 18.9 Å². The third kappa shape index (κ3) is 4.93. The molecule has 0 saturated heterocycles.